The van der Waals surface area contributed by atoms with E-state index in [0.717, 1.165) is 19.3 Å². The van der Waals surface area contributed by atoms with Crippen LogP contribution in [0.3, 0.4) is 0 Å². The predicted molar refractivity (Wildman–Crippen MR) is 76.8 cm³/mol. The number of hydrogen-bond acceptors (Lipinski definition) is 4. The van der Waals surface area contributed by atoms with E-state index in [9.17, 15) is 13.2 Å². The van der Waals surface area contributed by atoms with Crippen molar-refractivity contribution >= 4 is 15.7 Å². The molecule has 0 aromatic carbocycles. The van der Waals surface area contributed by atoms with Crippen LogP contribution in [0.5, 0.6) is 0 Å². The van der Waals surface area contributed by atoms with Gasteiger partial charge >= 0.3 is 0 Å². The summed E-state index contributed by atoms with van der Waals surface area (Å²) in [5.74, 6) is -0.0310. The fourth-order valence-corrected chi connectivity index (χ4v) is 3.70. The van der Waals surface area contributed by atoms with Crippen LogP contribution < -0.4 is 10.6 Å². The van der Waals surface area contributed by atoms with Gasteiger partial charge in [0.25, 0.3) is 0 Å². The van der Waals surface area contributed by atoms with Gasteiger partial charge in [0.05, 0.1) is 11.3 Å². The van der Waals surface area contributed by atoms with E-state index in [4.69, 9.17) is 0 Å². The van der Waals surface area contributed by atoms with E-state index in [1.54, 1.807) is 0 Å². The van der Waals surface area contributed by atoms with E-state index in [2.05, 4.69) is 10.6 Å². The lowest BCUT2D eigenvalue weighted by Gasteiger charge is -2.30. The van der Waals surface area contributed by atoms with Crippen LogP contribution in [0.25, 0.3) is 0 Å². The largest absolute Gasteiger partial charge is 0.353 e. The van der Waals surface area contributed by atoms with Crippen molar-refractivity contribution in [1.82, 2.24) is 10.6 Å². The molecule has 112 valence electrons. The molecule has 0 bridgehead atoms. The maximum atomic E-state index is 11.8. The van der Waals surface area contributed by atoms with E-state index in [-0.39, 0.29) is 29.3 Å². The molecule has 0 heterocycles. The topological polar surface area (TPSA) is 75.3 Å². The minimum Gasteiger partial charge on any atom is -0.353 e. The molecule has 19 heavy (non-hydrogen) atoms. The monoisotopic (exact) mass is 290 g/mol. The van der Waals surface area contributed by atoms with Crippen molar-refractivity contribution in [3.05, 3.63) is 0 Å². The third-order valence-electron chi connectivity index (χ3n) is 3.54. The van der Waals surface area contributed by atoms with Crippen molar-refractivity contribution in [1.29, 1.82) is 0 Å². The molecule has 1 aliphatic carbocycles. The zero-order chi connectivity index (χ0) is 14.6. The Morgan fingerprint density at radius 3 is 2.37 bits per heavy atom. The molecule has 2 N–H and O–H groups in total. The SMILES string of the molecule is CC(C)NC(=O)C(C)NC1CCCC(S(C)(=O)=O)C1. The van der Waals surface area contributed by atoms with Crippen LogP contribution in [0.2, 0.25) is 0 Å². The molecular weight excluding hydrogens is 264 g/mol. The highest BCUT2D eigenvalue weighted by molar-refractivity contribution is 7.91. The molecule has 0 saturated heterocycles. The second-order valence-corrected chi connectivity index (χ2v) is 8.19. The first-order chi connectivity index (χ1) is 8.70. The van der Waals surface area contributed by atoms with Gasteiger partial charge in [0.1, 0.15) is 9.84 Å². The molecule has 0 aromatic heterocycles. The highest BCUT2D eigenvalue weighted by atomic mass is 32.2. The van der Waals surface area contributed by atoms with Crippen molar-refractivity contribution < 1.29 is 13.2 Å². The molecule has 1 fully saturated rings. The first-order valence-electron chi connectivity index (χ1n) is 6.95. The van der Waals surface area contributed by atoms with Gasteiger partial charge < -0.3 is 10.6 Å². The highest BCUT2D eigenvalue weighted by Crippen LogP contribution is 2.24. The Morgan fingerprint density at radius 1 is 1.21 bits per heavy atom. The average molecular weight is 290 g/mol. The van der Waals surface area contributed by atoms with Crippen LogP contribution in [0.4, 0.5) is 0 Å². The standard InChI is InChI=1S/C13H26N2O3S/c1-9(2)14-13(16)10(3)15-11-6-5-7-12(8-11)19(4,17)18/h9-12,15H,5-8H2,1-4H3,(H,14,16). The number of amides is 1. The lowest BCUT2D eigenvalue weighted by atomic mass is 9.94. The van der Waals surface area contributed by atoms with Crippen molar-refractivity contribution in [2.45, 2.75) is 69.8 Å². The Bertz CT molecular complexity index is 406. The Morgan fingerprint density at radius 2 is 1.84 bits per heavy atom. The van der Waals surface area contributed by atoms with Crippen molar-refractivity contribution in [3.8, 4) is 0 Å². The molecule has 5 nitrogen and oxygen atoms in total. The second-order valence-electron chi connectivity index (χ2n) is 5.87. The predicted octanol–water partition coefficient (Wildman–Crippen LogP) is 0.845. The molecule has 1 aliphatic rings. The highest BCUT2D eigenvalue weighted by Gasteiger charge is 2.30. The summed E-state index contributed by atoms with van der Waals surface area (Å²) in [4.78, 5) is 11.8. The summed E-state index contributed by atoms with van der Waals surface area (Å²) in [5, 5.41) is 5.84. The van der Waals surface area contributed by atoms with E-state index < -0.39 is 9.84 Å². The third-order valence-corrected chi connectivity index (χ3v) is 5.18. The van der Waals surface area contributed by atoms with Gasteiger partial charge in [-0.25, -0.2) is 8.42 Å². The maximum Gasteiger partial charge on any atom is 0.237 e. The van der Waals surface area contributed by atoms with Crippen LogP contribution in [0.15, 0.2) is 0 Å². The zero-order valence-electron chi connectivity index (χ0n) is 12.3. The summed E-state index contributed by atoms with van der Waals surface area (Å²) in [6.07, 6.45) is 4.48. The molecule has 0 spiro atoms. The van der Waals surface area contributed by atoms with Gasteiger partial charge in [-0.15, -0.1) is 0 Å². The van der Waals surface area contributed by atoms with Crippen LogP contribution in [-0.2, 0) is 14.6 Å². The van der Waals surface area contributed by atoms with E-state index in [1.165, 1.54) is 6.26 Å². The van der Waals surface area contributed by atoms with Gasteiger partial charge in [0.2, 0.25) is 5.91 Å². The number of nitrogens with one attached hydrogen (secondary N) is 2. The second kappa shape index (κ2) is 6.70. The summed E-state index contributed by atoms with van der Waals surface area (Å²) in [6, 6.07) is -0.0565. The van der Waals surface area contributed by atoms with Gasteiger partial charge in [-0.05, 0) is 40.0 Å². The molecule has 0 radical (unpaired) electrons. The summed E-state index contributed by atoms with van der Waals surface area (Å²) < 4.78 is 23.2. The number of sulfone groups is 1. The number of hydrogen-bond donors (Lipinski definition) is 2. The van der Waals surface area contributed by atoms with Gasteiger partial charge in [0.15, 0.2) is 0 Å². The smallest absolute Gasteiger partial charge is 0.237 e. The van der Waals surface area contributed by atoms with Gasteiger partial charge in [-0.2, -0.15) is 0 Å². The molecule has 1 saturated carbocycles. The van der Waals surface area contributed by atoms with Crippen LogP contribution in [-0.4, -0.2) is 44.0 Å². The Labute approximate surface area is 116 Å². The molecular formula is C13H26N2O3S. The third kappa shape index (κ3) is 5.48. The van der Waals surface area contributed by atoms with Crippen LogP contribution in [0.1, 0.15) is 46.5 Å². The van der Waals surface area contributed by atoms with Crippen LogP contribution >= 0.6 is 0 Å². The van der Waals surface area contributed by atoms with Crippen molar-refractivity contribution in [2.75, 3.05) is 6.26 Å². The summed E-state index contributed by atoms with van der Waals surface area (Å²) >= 11 is 0. The Hall–Kier alpha value is -0.620. The molecule has 3 unspecified atom stereocenters. The van der Waals surface area contributed by atoms with Gasteiger partial charge in [0, 0.05) is 18.3 Å². The first kappa shape index (κ1) is 16.4. The van der Waals surface area contributed by atoms with E-state index in [1.807, 2.05) is 20.8 Å². The molecule has 0 aromatic rings. The molecule has 1 rings (SSSR count). The number of rotatable bonds is 5. The van der Waals surface area contributed by atoms with Crippen molar-refractivity contribution in [3.63, 3.8) is 0 Å². The molecule has 1 amide bonds. The molecule has 3 atom stereocenters. The van der Waals surface area contributed by atoms with E-state index >= 15 is 0 Å². The fourth-order valence-electron chi connectivity index (χ4n) is 2.52. The van der Waals surface area contributed by atoms with Crippen molar-refractivity contribution in [2.24, 2.45) is 0 Å². The minimum absolute atomic E-state index is 0.0310. The summed E-state index contributed by atoms with van der Waals surface area (Å²) in [6.45, 7) is 5.66. The fraction of sp³-hybridized carbons (Fsp3) is 0.923. The Balaban J connectivity index is 2.50. The summed E-state index contributed by atoms with van der Waals surface area (Å²) in [7, 11) is -2.97. The molecule has 0 aliphatic heterocycles. The van der Waals surface area contributed by atoms with Gasteiger partial charge in [-0.3, -0.25) is 4.79 Å². The quantitative estimate of drug-likeness (QED) is 0.787. The van der Waals surface area contributed by atoms with Gasteiger partial charge in [-0.1, -0.05) is 6.42 Å². The number of carbonyl (C=O) groups excluding carboxylic acids is 1. The molecule has 6 heteroatoms. The van der Waals surface area contributed by atoms with E-state index in [0.29, 0.717) is 6.42 Å². The lowest BCUT2D eigenvalue weighted by Crippen LogP contribution is -2.50. The average Bonchev–Trinajstić information content (AvgIpc) is 2.27. The number of carbonyl (C=O) groups is 1. The lowest BCUT2D eigenvalue weighted by molar-refractivity contribution is -0.123. The first-order valence-corrected chi connectivity index (χ1v) is 8.91. The maximum absolute atomic E-state index is 11.8. The minimum atomic E-state index is -2.97. The van der Waals surface area contributed by atoms with Crippen LogP contribution in [0, 0.1) is 0 Å². The zero-order valence-corrected chi connectivity index (χ0v) is 13.1. The summed E-state index contributed by atoms with van der Waals surface area (Å²) in [5.41, 5.74) is 0. The Kier molecular flexibility index (Phi) is 5.80. The normalized spacial score (nSPS) is 26.2.